The van der Waals surface area contributed by atoms with Crippen LogP contribution in [-0.2, 0) is 0 Å². The van der Waals surface area contributed by atoms with Gasteiger partial charge < -0.3 is 4.42 Å². The predicted octanol–water partition coefficient (Wildman–Crippen LogP) is 4.75. The molecule has 3 nitrogen and oxygen atoms in total. The predicted molar refractivity (Wildman–Crippen MR) is 79.8 cm³/mol. The Kier molecular flexibility index (Phi) is 3.98. The summed E-state index contributed by atoms with van der Waals surface area (Å²) in [5, 5.41) is 7.89. The van der Waals surface area contributed by atoms with Crippen LogP contribution in [-0.4, -0.2) is 10.2 Å². The van der Waals surface area contributed by atoms with Gasteiger partial charge in [0.1, 0.15) is 5.03 Å². The van der Waals surface area contributed by atoms with E-state index in [1.54, 1.807) is 0 Å². The van der Waals surface area contributed by atoms with Crippen LogP contribution < -0.4 is 0 Å². The molecule has 0 radical (unpaired) electrons. The van der Waals surface area contributed by atoms with Gasteiger partial charge in [-0.15, -0.1) is 10.2 Å². The van der Waals surface area contributed by atoms with Crippen molar-refractivity contribution in [2.75, 3.05) is 0 Å². The topological polar surface area (TPSA) is 38.9 Å². The average molecular weight is 319 g/mol. The van der Waals surface area contributed by atoms with Crippen molar-refractivity contribution in [1.82, 2.24) is 10.2 Å². The molecular formula is C16H9ClF2N2O. The van der Waals surface area contributed by atoms with Crippen molar-refractivity contribution in [3.63, 3.8) is 0 Å². The van der Waals surface area contributed by atoms with E-state index in [9.17, 15) is 8.78 Å². The van der Waals surface area contributed by atoms with Gasteiger partial charge in [0.15, 0.2) is 11.6 Å². The molecule has 0 saturated heterocycles. The van der Waals surface area contributed by atoms with Crippen molar-refractivity contribution in [2.24, 2.45) is 0 Å². The molecule has 0 fully saturated rings. The number of hydrogen-bond acceptors (Lipinski definition) is 3. The van der Waals surface area contributed by atoms with E-state index in [-0.39, 0.29) is 10.9 Å². The van der Waals surface area contributed by atoms with Gasteiger partial charge >= 0.3 is 0 Å². The molecule has 0 bridgehead atoms. The third-order valence-corrected chi connectivity index (χ3v) is 3.16. The standard InChI is InChI=1S/C16H9ClF2N2O/c17-12(8-10-6-7-13(18)14(19)9-10)16-21-20-15(22-16)11-4-2-1-3-5-11/h1-9H/b12-8-. The first-order chi connectivity index (χ1) is 10.6. The molecule has 0 aliphatic rings. The molecule has 0 amide bonds. The second kappa shape index (κ2) is 6.07. The van der Waals surface area contributed by atoms with E-state index in [1.807, 2.05) is 30.3 Å². The summed E-state index contributed by atoms with van der Waals surface area (Å²) in [6, 6.07) is 12.7. The first kappa shape index (κ1) is 14.4. The first-order valence-corrected chi connectivity index (χ1v) is 6.73. The Bertz CT molecular complexity index is 831. The number of rotatable bonds is 3. The van der Waals surface area contributed by atoms with Crippen LogP contribution in [0.15, 0.2) is 52.9 Å². The van der Waals surface area contributed by atoms with E-state index in [0.29, 0.717) is 11.5 Å². The van der Waals surface area contributed by atoms with Crippen LogP contribution in [0.4, 0.5) is 8.78 Å². The highest BCUT2D eigenvalue weighted by molar-refractivity contribution is 6.50. The lowest BCUT2D eigenvalue weighted by atomic mass is 10.2. The second-order valence-corrected chi connectivity index (χ2v) is 4.85. The molecule has 3 aromatic rings. The molecule has 6 heteroatoms. The highest BCUT2D eigenvalue weighted by Crippen LogP contribution is 2.25. The molecular weight excluding hydrogens is 310 g/mol. The summed E-state index contributed by atoms with van der Waals surface area (Å²) in [4.78, 5) is 0. The normalized spacial score (nSPS) is 11.7. The zero-order chi connectivity index (χ0) is 15.5. The van der Waals surface area contributed by atoms with Gasteiger partial charge in [-0.2, -0.15) is 0 Å². The van der Waals surface area contributed by atoms with E-state index >= 15 is 0 Å². The summed E-state index contributed by atoms with van der Waals surface area (Å²) >= 11 is 6.08. The summed E-state index contributed by atoms with van der Waals surface area (Å²) in [6.45, 7) is 0. The Morgan fingerprint density at radius 2 is 1.77 bits per heavy atom. The van der Waals surface area contributed by atoms with Crippen LogP contribution in [0, 0.1) is 11.6 Å². The molecule has 0 aliphatic heterocycles. The van der Waals surface area contributed by atoms with Crippen LogP contribution in [0.3, 0.4) is 0 Å². The van der Waals surface area contributed by atoms with Gasteiger partial charge in [0.2, 0.25) is 5.89 Å². The smallest absolute Gasteiger partial charge is 0.259 e. The summed E-state index contributed by atoms with van der Waals surface area (Å²) in [5.41, 5.74) is 1.15. The molecule has 0 atom stereocenters. The Labute approximate surface area is 129 Å². The quantitative estimate of drug-likeness (QED) is 0.699. The Hall–Kier alpha value is -2.53. The van der Waals surface area contributed by atoms with Crippen molar-refractivity contribution in [1.29, 1.82) is 0 Å². The van der Waals surface area contributed by atoms with Crippen molar-refractivity contribution in [2.45, 2.75) is 0 Å². The molecule has 0 spiro atoms. The zero-order valence-electron chi connectivity index (χ0n) is 11.1. The number of nitrogens with zero attached hydrogens (tertiary/aromatic N) is 2. The summed E-state index contributed by atoms with van der Waals surface area (Å²) in [5.74, 6) is -1.44. The minimum atomic E-state index is -0.950. The number of halogens is 3. The Morgan fingerprint density at radius 3 is 2.50 bits per heavy atom. The lowest BCUT2D eigenvalue weighted by Gasteiger charge is -1.97. The van der Waals surface area contributed by atoms with Gasteiger partial charge in [0, 0.05) is 5.56 Å². The van der Waals surface area contributed by atoms with Crippen LogP contribution in [0.25, 0.3) is 22.6 Å². The maximum absolute atomic E-state index is 13.2. The van der Waals surface area contributed by atoms with E-state index in [4.69, 9.17) is 16.0 Å². The molecule has 0 unspecified atom stereocenters. The van der Waals surface area contributed by atoms with Crippen LogP contribution in [0.5, 0.6) is 0 Å². The van der Waals surface area contributed by atoms with Gasteiger partial charge in [0.05, 0.1) is 0 Å². The van der Waals surface area contributed by atoms with Gasteiger partial charge in [-0.05, 0) is 35.9 Å². The minimum absolute atomic E-state index is 0.102. The fourth-order valence-electron chi connectivity index (χ4n) is 1.83. The molecule has 1 aromatic heterocycles. The molecule has 2 aromatic carbocycles. The third-order valence-electron chi connectivity index (χ3n) is 2.89. The fourth-order valence-corrected chi connectivity index (χ4v) is 2.03. The maximum Gasteiger partial charge on any atom is 0.259 e. The number of hydrogen-bond donors (Lipinski definition) is 0. The van der Waals surface area contributed by atoms with Crippen molar-refractivity contribution in [3.8, 4) is 11.5 Å². The van der Waals surface area contributed by atoms with E-state index in [2.05, 4.69) is 10.2 Å². The Balaban J connectivity index is 1.89. The Morgan fingerprint density at radius 1 is 1.00 bits per heavy atom. The highest BCUT2D eigenvalue weighted by Gasteiger charge is 2.11. The van der Waals surface area contributed by atoms with Crippen molar-refractivity contribution in [3.05, 3.63) is 71.6 Å². The maximum atomic E-state index is 13.2. The lowest BCUT2D eigenvalue weighted by Crippen LogP contribution is -1.84. The van der Waals surface area contributed by atoms with E-state index in [1.165, 1.54) is 12.1 Å². The zero-order valence-corrected chi connectivity index (χ0v) is 11.9. The third kappa shape index (κ3) is 3.04. The van der Waals surface area contributed by atoms with Crippen LogP contribution in [0.1, 0.15) is 11.5 Å². The molecule has 1 heterocycles. The molecule has 0 aliphatic carbocycles. The summed E-state index contributed by atoms with van der Waals surface area (Å²) in [6.07, 6.45) is 1.42. The van der Waals surface area contributed by atoms with E-state index < -0.39 is 11.6 Å². The van der Waals surface area contributed by atoms with E-state index in [0.717, 1.165) is 17.7 Å². The van der Waals surface area contributed by atoms with Crippen molar-refractivity contribution < 1.29 is 13.2 Å². The fraction of sp³-hybridized carbons (Fsp3) is 0. The molecule has 3 rings (SSSR count). The average Bonchev–Trinajstić information content (AvgIpc) is 3.02. The van der Waals surface area contributed by atoms with Gasteiger partial charge in [-0.1, -0.05) is 35.9 Å². The minimum Gasteiger partial charge on any atom is -0.415 e. The molecule has 0 N–H and O–H groups in total. The highest BCUT2D eigenvalue weighted by atomic mass is 35.5. The monoisotopic (exact) mass is 318 g/mol. The largest absolute Gasteiger partial charge is 0.415 e. The summed E-state index contributed by atoms with van der Waals surface area (Å²) < 4.78 is 31.5. The van der Waals surface area contributed by atoms with Gasteiger partial charge in [0.25, 0.3) is 5.89 Å². The van der Waals surface area contributed by atoms with Crippen LogP contribution >= 0.6 is 11.6 Å². The number of benzene rings is 2. The lowest BCUT2D eigenvalue weighted by molar-refractivity contribution is 0.508. The second-order valence-electron chi connectivity index (χ2n) is 4.44. The van der Waals surface area contributed by atoms with Gasteiger partial charge in [-0.3, -0.25) is 0 Å². The number of aromatic nitrogens is 2. The van der Waals surface area contributed by atoms with Gasteiger partial charge in [-0.25, -0.2) is 8.78 Å². The molecule has 22 heavy (non-hydrogen) atoms. The molecule has 110 valence electrons. The SMILES string of the molecule is Fc1ccc(/C=C(\Cl)c2nnc(-c3ccccc3)o2)cc1F. The van der Waals surface area contributed by atoms with Crippen LogP contribution in [0.2, 0.25) is 0 Å². The summed E-state index contributed by atoms with van der Waals surface area (Å²) in [7, 11) is 0. The van der Waals surface area contributed by atoms with Crippen molar-refractivity contribution >= 4 is 22.7 Å². The first-order valence-electron chi connectivity index (χ1n) is 6.35. The molecule has 0 saturated carbocycles.